The number of nitrogens with zero attached hydrogens (tertiary/aromatic N) is 3. The summed E-state index contributed by atoms with van der Waals surface area (Å²) >= 11 is 4.79. The summed E-state index contributed by atoms with van der Waals surface area (Å²) in [5, 5.41) is 6.26. The zero-order chi connectivity index (χ0) is 16.2. The van der Waals surface area contributed by atoms with Gasteiger partial charge in [0.15, 0.2) is 5.17 Å². The second kappa shape index (κ2) is 7.10. The Hall–Kier alpha value is -1.92. The van der Waals surface area contributed by atoms with E-state index < -0.39 is 0 Å². The number of benzene rings is 2. The second-order valence-corrected chi connectivity index (χ2v) is 6.88. The molecule has 1 saturated heterocycles. The van der Waals surface area contributed by atoms with Gasteiger partial charge in [-0.2, -0.15) is 10.1 Å². The minimum absolute atomic E-state index is 0.0609. The normalized spacial score (nSPS) is 16.7. The molecule has 2 aromatic carbocycles. The number of aliphatic imine (C=N–C) groups is 1. The lowest BCUT2D eigenvalue weighted by Gasteiger charge is -2.08. The standard InChI is InChI=1S/C17H14BrN3OS/c1-12-2-8-15(9-3-12)20-17-21(16(22)11-23-17)19-10-13-4-6-14(18)7-5-13/h2-10H,11H2,1H3. The zero-order valence-electron chi connectivity index (χ0n) is 12.4. The van der Waals surface area contributed by atoms with E-state index in [1.807, 2.05) is 55.5 Å². The average molecular weight is 388 g/mol. The van der Waals surface area contributed by atoms with Crippen LogP contribution in [-0.4, -0.2) is 28.1 Å². The number of hydrogen-bond donors (Lipinski definition) is 0. The highest BCUT2D eigenvalue weighted by Gasteiger charge is 2.27. The van der Waals surface area contributed by atoms with Crippen molar-refractivity contribution in [2.75, 3.05) is 5.75 Å². The van der Waals surface area contributed by atoms with Crippen LogP contribution in [0.15, 0.2) is 63.1 Å². The molecule has 1 aliphatic heterocycles. The quantitative estimate of drug-likeness (QED) is 0.734. The fourth-order valence-electron chi connectivity index (χ4n) is 1.95. The number of rotatable bonds is 3. The van der Waals surface area contributed by atoms with Gasteiger partial charge < -0.3 is 0 Å². The van der Waals surface area contributed by atoms with Gasteiger partial charge in [-0.05, 0) is 36.8 Å². The molecular weight excluding hydrogens is 374 g/mol. The summed E-state index contributed by atoms with van der Waals surface area (Å²) in [5.41, 5.74) is 2.92. The van der Waals surface area contributed by atoms with Gasteiger partial charge in [-0.25, -0.2) is 4.99 Å². The number of hydrazone groups is 1. The Morgan fingerprint density at radius 1 is 1.13 bits per heavy atom. The van der Waals surface area contributed by atoms with E-state index in [4.69, 9.17) is 0 Å². The Balaban J connectivity index is 1.82. The van der Waals surface area contributed by atoms with E-state index in [2.05, 4.69) is 26.0 Å². The first-order chi connectivity index (χ1) is 11.1. The highest BCUT2D eigenvalue weighted by molar-refractivity contribution is 9.10. The molecule has 1 heterocycles. The molecule has 0 N–H and O–H groups in total. The fourth-order valence-corrected chi connectivity index (χ4v) is 3.03. The van der Waals surface area contributed by atoms with Gasteiger partial charge in [-0.1, -0.05) is 57.5 Å². The Labute approximate surface area is 147 Å². The van der Waals surface area contributed by atoms with Gasteiger partial charge in [0.2, 0.25) is 0 Å². The SMILES string of the molecule is Cc1ccc(N=C2SCC(=O)N2N=Cc2ccc(Br)cc2)cc1. The Kier molecular flexibility index (Phi) is 4.93. The molecule has 6 heteroatoms. The minimum Gasteiger partial charge on any atom is -0.271 e. The van der Waals surface area contributed by atoms with Crippen LogP contribution >= 0.6 is 27.7 Å². The van der Waals surface area contributed by atoms with Crippen molar-refractivity contribution >= 4 is 50.7 Å². The van der Waals surface area contributed by atoms with Gasteiger partial charge >= 0.3 is 0 Å². The number of amidine groups is 1. The molecule has 1 amide bonds. The van der Waals surface area contributed by atoms with Crippen molar-refractivity contribution in [3.05, 3.63) is 64.1 Å². The van der Waals surface area contributed by atoms with E-state index in [0.29, 0.717) is 10.9 Å². The zero-order valence-corrected chi connectivity index (χ0v) is 14.8. The van der Waals surface area contributed by atoms with Gasteiger partial charge in [0.05, 0.1) is 17.7 Å². The molecule has 23 heavy (non-hydrogen) atoms. The summed E-state index contributed by atoms with van der Waals surface area (Å²) in [6, 6.07) is 15.6. The van der Waals surface area contributed by atoms with Gasteiger partial charge in [-0.3, -0.25) is 4.79 Å². The van der Waals surface area contributed by atoms with E-state index in [1.165, 1.54) is 22.3 Å². The topological polar surface area (TPSA) is 45.0 Å². The molecule has 4 nitrogen and oxygen atoms in total. The molecule has 0 radical (unpaired) electrons. The Morgan fingerprint density at radius 2 is 1.83 bits per heavy atom. The van der Waals surface area contributed by atoms with Crippen LogP contribution in [0.2, 0.25) is 0 Å². The average Bonchev–Trinajstić information content (AvgIpc) is 2.89. The molecule has 3 rings (SSSR count). The third-order valence-corrected chi connectivity index (χ3v) is 4.64. The first-order valence-corrected chi connectivity index (χ1v) is 8.80. The minimum atomic E-state index is -0.0609. The van der Waals surface area contributed by atoms with Crippen LogP contribution in [-0.2, 0) is 4.79 Å². The number of hydrogen-bond acceptors (Lipinski definition) is 4. The van der Waals surface area contributed by atoms with E-state index in [0.717, 1.165) is 15.7 Å². The van der Waals surface area contributed by atoms with Gasteiger partial charge in [0.25, 0.3) is 5.91 Å². The molecule has 0 bridgehead atoms. The number of amides is 1. The molecule has 1 aliphatic rings. The molecule has 0 saturated carbocycles. The van der Waals surface area contributed by atoms with Gasteiger partial charge in [0.1, 0.15) is 0 Å². The second-order valence-electron chi connectivity index (χ2n) is 5.02. The Morgan fingerprint density at radius 3 is 2.52 bits per heavy atom. The molecule has 0 atom stereocenters. The predicted molar refractivity (Wildman–Crippen MR) is 99.3 cm³/mol. The maximum Gasteiger partial charge on any atom is 0.259 e. The molecule has 1 fully saturated rings. The predicted octanol–water partition coefficient (Wildman–Crippen LogP) is 4.35. The van der Waals surface area contributed by atoms with Crippen LogP contribution in [0.3, 0.4) is 0 Å². The molecule has 2 aromatic rings. The van der Waals surface area contributed by atoms with Crippen molar-refractivity contribution in [2.24, 2.45) is 10.1 Å². The van der Waals surface area contributed by atoms with Crippen LogP contribution < -0.4 is 0 Å². The highest BCUT2D eigenvalue weighted by Crippen LogP contribution is 2.24. The van der Waals surface area contributed by atoms with Crippen LogP contribution in [0.25, 0.3) is 0 Å². The van der Waals surface area contributed by atoms with E-state index in [-0.39, 0.29) is 5.91 Å². The van der Waals surface area contributed by atoms with Crippen molar-refractivity contribution in [1.82, 2.24) is 5.01 Å². The van der Waals surface area contributed by atoms with E-state index in [9.17, 15) is 4.79 Å². The van der Waals surface area contributed by atoms with Crippen molar-refractivity contribution in [1.29, 1.82) is 0 Å². The maximum absolute atomic E-state index is 12.0. The van der Waals surface area contributed by atoms with Crippen molar-refractivity contribution < 1.29 is 4.79 Å². The van der Waals surface area contributed by atoms with E-state index >= 15 is 0 Å². The van der Waals surface area contributed by atoms with Gasteiger partial charge in [-0.15, -0.1) is 0 Å². The number of aryl methyl sites for hydroxylation is 1. The third-order valence-electron chi connectivity index (χ3n) is 3.19. The summed E-state index contributed by atoms with van der Waals surface area (Å²) in [7, 11) is 0. The lowest BCUT2D eigenvalue weighted by molar-refractivity contribution is -0.124. The molecule has 0 aliphatic carbocycles. The summed E-state index contributed by atoms with van der Waals surface area (Å²) in [5.74, 6) is 0.303. The largest absolute Gasteiger partial charge is 0.271 e. The van der Waals surface area contributed by atoms with Crippen LogP contribution in [0, 0.1) is 6.92 Å². The van der Waals surface area contributed by atoms with Crippen LogP contribution in [0.5, 0.6) is 0 Å². The lowest BCUT2D eigenvalue weighted by atomic mass is 10.2. The number of carbonyl (C=O) groups excluding carboxylic acids is 1. The van der Waals surface area contributed by atoms with E-state index in [1.54, 1.807) is 6.21 Å². The van der Waals surface area contributed by atoms with Gasteiger partial charge in [0, 0.05) is 4.47 Å². The number of thioether (sulfide) groups is 1. The Bertz CT molecular complexity index is 769. The molecular formula is C17H14BrN3OS. The van der Waals surface area contributed by atoms with Crippen molar-refractivity contribution in [3.63, 3.8) is 0 Å². The molecule has 116 valence electrons. The van der Waals surface area contributed by atoms with Crippen LogP contribution in [0.4, 0.5) is 5.69 Å². The first-order valence-electron chi connectivity index (χ1n) is 7.02. The third kappa shape index (κ3) is 4.09. The first kappa shape index (κ1) is 16.0. The summed E-state index contributed by atoms with van der Waals surface area (Å²) in [4.78, 5) is 16.5. The van der Waals surface area contributed by atoms with Crippen LogP contribution in [0.1, 0.15) is 11.1 Å². The molecule has 0 spiro atoms. The number of carbonyl (C=O) groups is 1. The highest BCUT2D eigenvalue weighted by atomic mass is 79.9. The molecule has 0 unspecified atom stereocenters. The summed E-state index contributed by atoms with van der Waals surface area (Å²) in [6.45, 7) is 2.03. The monoisotopic (exact) mass is 387 g/mol. The number of halogens is 1. The van der Waals surface area contributed by atoms with Crippen molar-refractivity contribution in [2.45, 2.75) is 6.92 Å². The smallest absolute Gasteiger partial charge is 0.259 e. The maximum atomic E-state index is 12.0. The molecule has 0 aromatic heterocycles. The lowest BCUT2D eigenvalue weighted by Crippen LogP contribution is -2.23. The fraction of sp³-hybridized carbons (Fsp3) is 0.118. The van der Waals surface area contributed by atoms with Crippen molar-refractivity contribution in [3.8, 4) is 0 Å². The summed E-state index contributed by atoms with van der Waals surface area (Å²) in [6.07, 6.45) is 1.67. The summed E-state index contributed by atoms with van der Waals surface area (Å²) < 4.78 is 1.00.